The molecule has 0 unspecified atom stereocenters. The van der Waals surface area contributed by atoms with E-state index in [1.54, 1.807) is 0 Å². The van der Waals surface area contributed by atoms with Crippen LogP contribution in [0.25, 0.3) is 0 Å². The summed E-state index contributed by atoms with van der Waals surface area (Å²) in [6, 6.07) is 2.28. The van der Waals surface area contributed by atoms with E-state index in [-0.39, 0.29) is 7.43 Å². The van der Waals surface area contributed by atoms with Crippen LogP contribution >= 0.6 is 0 Å². The Morgan fingerprint density at radius 3 is 2.64 bits per heavy atom. The minimum absolute atomic E-state index is 0. The summed E-state index contributed by atoms with van der Waals surface area (Å²) in [5.41, 5.74) is 3.04. The predicted octanol–water partition coefficient (Wildman–Crippen LogP) is 2.69. The van der Waals surface area contributed by atoms with Gasteiger partial charge < -0.3 is 4.57 Å². The van der Waals surface area contributed by atoms with Gasteiger partial charge in [0.25, 0.3) is 0 Å². The van der Waals surface area contributed by atoms with Crippen molar-refractivity contribution in [1.82, 2.24) is 9.47 Å². The van der Waals surface area contributed by atoms with Gasteiger partial charge in [-0.15, -0.1) is 0 Å². The molecule has 1 aromatic heterocycles. The molecule has 80 valence electrons. The summed E-state index contributed by atoms with van der Waals surface area (Å²) < 4.78 is 2.40. The molecule has 0 aliphatic carbocycles. The Balaban J connectivity index is 0.000000980. The molecule has 2 nitrogen and oxygen atoms in total. The highest BCUT2D eigenvalue weighted by molar-refractivity contribution is 5.26. The lowest BCUT2D eigenvalue weighted by atomic mass is 10.0. The van der Waals surface area contributed by atoms with Crippen LogP contribution in [0.3, 0.4) is 0 Å². The topological polar surface area (TPSA) is 8.17 Å². The number of fused-ring (bicyclic) bond motifs is 1. The summed E-state index contributed by atoms with van der Waals surface area (Å²) in [5, 5.41) is 0. The van der Waals surface area contributed by atoms with E-state index >= 15 is 0 Å². The Morgan fingerprint density at radius 1 is 1.29 bits per heavy atom. The van der Waals surface area contributed by atoms with Crippen molar-refractivity contribution in [2.75, 3.05) is 13.6 Å². The molecule has 0 saturated carbocycles. The normalized spacial score (nSPS) is 16.6. The molecule has 0 atom stereocenters. The molecule has 1 aromatic rings. The smallest absolute Gasteiger partial charge is 0.0387 e. The molecule has 0 N–H and O–H groups in total. The predicted molar refractivity (Wildman–Crippen MR) is 61.6 cm³/mol. The zero-order chi connectivity index (χ0) is 9.42. The molecule has 1 aliphatic heterocycles. The number of aromatic nitrogens is 1. The molecule has 14 heavy (non-hydrogen) atoms. The van der Waals surface area contributed by atoms with E-state index in [1.807, 2.05) is 0 Å². The number of nitrogens with zero attached hydrogens (tertiary/aromatic N) is 2. The third kappa shape index (κ3) is 1.85. The Morgan fingerprint density at radius 2 is 2.00 bits per heavy atom. The average molecular weight is 194 g/mol. The summed E-state index contributed by atoms with van der Waals surface area (Å²) in [6.07, 6.45) is 2.23. The highest BCUT2D eigenvalue weighted by atomic mass is 15.2. The van der Waals surface area contributed by atoms with E-state index in [0.717, 1.165) is 13.1 Å². The van der Waals surface area contributed by atoms with E-state index < -0.39 is 0 Å². The van der Waals surface area contributed by atoms with E-state index in [2.05, 4.69) is 42.6 Å². The van der Waals surface area contributed by atoms with Crippen LogP contribution in [0.2, 0.25) is 0 Å². The van der Waals surface area contributed by atoms with E-state index in [9.17, 15) is 0 Å². The first-order valence-electron chi connectivity index (χ1n) is 5.05. The Bertz CT molecular complexity index is 299. The summed E-state index contributed by atoms with van der Waals surface area (Å²) in [7, 11) is 2.20. The zero-order valence-corrected chi connectivity index (χ0v) is 8.75. The van der Waals surface area contributed by atoms with Gasteiger partial charge in [-0.3, -0.25) is 4.90 Å². The molecule has 1 aliphatic rings. The van der Waals surface area contributed by atoms with Crippen LogP contribution in [0.4, 0.5) is 0 Å². The highest BCUT2D eigenvalue weighted by Gasteiger charge is 2.17. The van der Waals surface area contributed by atoms with Crippen molar-refractivity contribution in [3.8, 4) is 0 Å². The first-order chi connectivity index (χ1) is 6.18. The molecular weight excluding hydrogens is 172 g/mol. The second-order valence-corrected chi connectivity index (χ2v) is 4.30. The van der Waals surface area contributed by atoms with Gasteiger partial charge in [0.15, 0.2) is 0 Å². The quantitative estimate of drug-likeness (QED) is 0.667. The van der Waals surface area contributed by atoms with Gasteiger partial charge in [0.1, 0.15) is 0 Å². The van der Waals surface area contributed by atoms with Gasteiger partial charge in [-0.05, 0) is 24.6 Å². The Hall–Kier alpha value is -0.760. The summed E-state index contributed by atoms with van der Waals surface area (Å²) in [5.74, 6) is 0.655. The molecule has 2 heterocycles. The molecular formula is C12H22N2. The maximum absolute atomic E-state index is 2.40. The van der Waals surface area contributed by atoms with E-state index in [1.165, 1.54) is 17.8 Å². The number of hydrogen-bond donors (Lipinski definition) is 0. The van der Waals surface area contributed by atoms with Gasteiger partial charge in [-0.1, -0.05) is 21.3 Å². The zero-order valence-electron chi connectivity index (χ0n) is 8.75. The van der Waals surface area contributed by atoms with Crippen molar-refractivity contribution in [3.05, 3.63) is 23.5 Å². The van der Waals surface area contributed by atoms with Gasteiger partial charge in [0, 0.05) is 31.5 Å². The fourth-order valence-electron chi connectivity index (χ4n) is 2.05. The molecule has 2 heteroatoms. The molecule has 0 amide bonds. The second-order valence-electron chi connectivity index (χ2n) is 4.30. The van der Waals surface area contributed by atoms with Crippen LogP contribution in [0.5, 0.6) is 0 Å². The second kappa shape index (κ2) is 4.18. The molecule has 0 aromatic carbocycles. The molecule has 0 spiro atoms. The van der Waals surface area contributed by atoms with Gasteiger partial charge >= 0.3 is 0 Å². The van der Waals surface area contributed by atoms with Crippen LogP contribution in [-0.2, 0) is 13.1 Å². The lowest BCUT2D eigenvalue weighted by molar-refractivity contribution is 0.268. The fourth-order valence-corrected chi connectivity index (χ4v) is 2.05. The number of rotatable bonds is 1. The van der Waals surface area contributed by atoms with Crippen molar-refractivity contribution in [2.24, 2.45) is 0 Å². The Labute approximate surface area is 87.5 Å². The minimum atomic E-state index is 0. The van der Waals surface area contributed by atoms with Gasteiger partial charge in [0.2, 0.25) is 0 Å². The van der Waals surface area contributed by atoms with Crippen molar-refractivity contribution >= 4 is 0 Å². The number of hydrogen-bond acceptors (Lipinski definition) is 1. The molecule has 2 rings (SSSR count). The maximum atomic E-state index is 2.40. The van der Waals surface area contributed by atoms with Gasteiger partial charge in [-0.25, -0.2) is 0 Å². The van der Waals surface area contributed by atoms with Crippen molar-refractivity contribution < 1.29 is 0 Å². The first-order valence-corrected chi connectivity index (χ1v) is 5.05. The lowest BCUT2D eigenvalue weighted by Crippen LogP contribution is -2.30. The summed E-state index contributed by atoms with van der Waals surface area (Å²) >= 11 is 0. The van der Waals surface area contributed by atoms with Crippen LogP contribution in [0.1, 0.15) is 38.4 Å². The third-order valence-electron chi connectivity index (χ3n) is 2.88. The highest BCUT2D eigenvalue weighted by Crippen LogP contribution is 2.24. The lowest BCUT2D eigenvalue weighted by Gasteiger charge is -2.26. The van der Waals surface area contributed by atoms with Gasteiger partial charge in [0.05, 0.1) is 0 Å². The molecule has 0 fully saturated rings. The van der Waals surface area contributed by atoms with Crippen molar-refractivity contribution in [3.63, 3.8) is 0 Å². The number of likely N-dealkylation sites (N-methyl/N-ethyl adjacent to an activating group) is 1. The standard InChI is InChI=1S/C11H18N2.CH4/c1-9(2)10-4-5-13-7-6-12(3)8-11(10)13;/h4-5,9H,6-8H2,1-3H3;1H4. The molecule has 0 saturated heterocycles. The fraction of sp³-hybridized carbons (Fsp3) is 0.667. The largest absolute Gasteiger partial charge is 0.349 e. The monoisotopic (exact) mass is 194 g/mol. The van der Waals surface area contributed by atoms with Crippen LogP contribution < -0.4 is 0 Å². The first kappa shape index (κ1) is 11.3. The van der Waals surface area contributed by atoms with Crippen LogP contribution in [0.15, 0.2) is 12.3 Å². The molecule has 0 radical (unpaired) electrons. The Kier molecular flexibility index (Phi) is 3.38. The SMILES string of the molecule is C.CC(C)c1ccn2c1CN(C)CC2. The molecule has 0 bridgehead atoms. The summed E-state index contributed by atoms with van der Waals surface area (Å²) in [6.45, 7) is 7.98. The average Bonchev–Trinajstić information content (AvgIpc) is 2.46. The van der Waals surface area contributed by atoms with E-state index in [4.69, 9.17) is 0 Å². The van der Waals surface area contributed by atoms with Crippen molar-refractivity contribution in [2.45, 2.75) is 40.3 Å². The van der Waals surface area contributed by atoms with Crippen LogP contribution in [-0.4, -0.2) is 23.1 Å². The van der Waals surface area contributed by atoms with Crippen LogP contribution in [0, 0.1) is 0 Å². The van der Waals surface area contributed by atoms with Crippen molar-refractivity contribution in [1.29, 1.82) is 0 Å². The minimum Gasteiger partial charge on any atom is -0.349 e. The summed E-state index contributed by atoms with van der Waals surface area (Å²) in [4.78, 5) is 2.39. The van der Waals surface area contributed by atoms with Gasteiger partial charge in [-0.2, -0.15) is 0 Å². The maximum Gasteiger partial charge on any atom is 0.0387 e. The van der Waals surface area contributed by atoms with E-state index in [0.29, 0.717) is 5.92 Å². The third-order valence-corrected chi connectivity index (χ3v) is 2.88.